The molecule has 0 saturated carbocycles. The van der Waals surface area contributed by atoms with Gasteiger partial charge in [-0.25, -0.2) is 4.99 Å². The van der Waals surface area contributed by atoms with Crippen molar-refractivity contribution in [3.05, 3.63) is 299 Å². The largest absolute Gasteiger partial charge is 0.254 e. The normalized spacial score (nSPS) is 16.9. The SMILES string of the molecule is C=CC(/N=C(\N=C(/C)C1=CC(C2=CC(c3ccc4c(c3)C3(c5ccccc5-c5ccccc5-c5ccccc53)c3ccccc3-4)CC=C2)=CCC1)c1ccc(-c2ccccc2)cc1)c1ccccc1. The molecule has 0 radical (unpaired) electrons. The number of allylic oxidation sites excluding steroid dienone is 8. The molecule has 0 fully saturated rings. The first-order chi connectivity index (χ1) is 34.1. The third-order valence-electron chi connectivity index (χ3n) is 14.8. The van der Waals surface area contributed by atoms with Crippen LogP contribution in [-0.4, -0.2) is 11.5 Å². The Balaban J connectivity index is 0.917. The van der Waals surface area contributed by atoms with Gasteiger partial charge in [0.15, 0.2) is 5.84 Å². The second-order valence-electron chi connectivity index (χ2n) is 18.7. The maximum absolute atomic E-state index is 5.36. The van der Waals surface area contributed by atoms with Crippen LogP contribution >= 0.6 is 0 Å². The van der Waals surface area contributed by atoms with Gasteiger partial charge in [-0.05, 0) is 127 Å². The van der Waals surface area contributed by atoms with Gasteiger partial charge in [-0.15, -0.1) is 6.58 Å². The van der Waals surface area contributed by atoms with Crippen LogP contribution in [0.1, 0.15) is 77.1 Å². The van der Waals surface area contributed by atoms with E-state index in [0.717, 1.165) is 41.7 Å². The molecular weight excluding hydrogens is 833 g/mol. The van der Waals surface area contributed by atoms with Gasteiger partial charge in [0.1, 0.15) is 0 Å². The number of rotatable bonds is 8. The number of amidine groups is 1. The Bertz CT molecular complexity index is 3420. The van der Waals surface area contributed by atoms with Gasteiger partial charge in [0, 0.05) is 17.2 Å². The van der Waals surface area contributed by atoms with Gasteiger partial charge in [-0.3, -0.25) is 4.99 Å². The van der Waals surface area contributed by atoms with E-state index in [1.54, 1.807) is 0 Å². The van der Waals surface area contributed by atoms with Gasteiger partial charge < -0.3 is 0 Å². The summed E-state index contributed by atoms with van der Waals surface area (Å²) in [4.78, 5) is 10.6. The summed E-state index contributed by atoms with van der Waals surface area (Å²) in [5.41, 5.74) is 23.2. The zero-order valence-corrected chi connectivity index (χ0v) is 38.9. The predicted octanol–water partition coefficient (Wildman–Crippen LogP) is 16.8. The molecule has 2 unspecified atom stereocenters. The van der Waals surface area contributed by atoms with Gasteiger partial charge in [-0.2, -0.15) is 0 Å². The van der Waals surface area contributed by atoms with E-state index in [-0.39, 0.29) is 12.0 Å². The number of nitrogens with zero attached hydrogens (tertiary/aromatic N) is 2. The lowest BCUT2D eigenvalue weighted by molar-refractivity contribution is 0.767. The summed E-state index contributed by atoms with van der Waals surface area (Å²) in [7, 11) is 0. The number of hydrogen-bond donors (Lipinski definition) is 0. The summed E-state index contributed by atoms with van der Waals surface area (Å²) >= 11 is 0. The van der Waals surface area contributed by atoms with Crippen LogP contribution in [-0.2, 0) is 5.41 Å². The van der Waals surface area contributed by atoms with Gasteiger partial charge in [0.25, 0.3) is 0 Å². The van der Waals surface area contributed by atoms with Crippen LogP contribution in [0.15, 0.2) is 270 Å². The Morgan fingerprint density at radius 3 is 1.77 bits per heavy atom. The third kappa shape index (κ3) is 7.36. The molecular formula is C67H52N2. The van der Waals surface area contributed by atoms with Crippen LogP contribution < -0.4 is 0 Å². The highest BCUT2D eigenvalue weighted by atomic mass is 14.9. The topological polar surface area (TPSA) is 24.7 Å². The van der Waals surface area contributed by atoms with E-state index in [2.05, 4.69) is 238 Å². The lowest BCUT2D eigenvalue weighted by Gasteiger charge is -2.35. The molecule has 0 saturated heterocycles. The second kappa shape index (κ2) is 17.8. The Morgan fingerprint density at radius 1 is 0.580 bits per heavy atom. The summed E-state index contributed by atoms with van der Waals surface area (Å²) < 4.78 is 0. The lowest BCUT2D eigenvalue weighted by atomic mass is 9.65. The number of benzene rings is 8. The molecule has 0 amide bonds. The van der Waals surface area contributed by atoms with Crippen molar-refractivity contribution in [1.82, 2.24) is 0 Å². The summed E-state index contributed by atoms with van der Waals surface area (Å²) in [6.45, 7) is 6.33. The minimum Gasteiger partial charge on any atom is -0.254 e. The molecule has 1 spiro atoms. The highest BCUT2D eigenvalue weighted by molar-refractivity contribution is 6.12. The average Bonchev–Trinajstić information content (AvgIpc) is 3.66. The monoisotopic (exact) mass is 884 g/mol. The molecule has 330 valence electrons. The van der Waals surface area contributed by atoms with Crippen LogP contribution in [0.25, 0.3) is 44.5 Å². The Kier molecular flexibility index (Phi) is 10.9. The first-order valence-corrected chi connectivity index (χ1v) is 24.4. The van der Waals surface area contributed by atoms with Gasteiger partial charge in [0.2, 0.25) is 0 Å². The molecule has 0 heterocycles. The van der Waals surface area contributed by atoms with Crippen molar-refractivity contribution in [2.45, 2.75) is 43.6 Å². The minimum absolute atomic E-state index is 0.213. The van der Waals surface area contributed by atoms with Gasteiger partial charge in [0.05, 0.1) is 11.5 Å². The van der Waals surface area contributed by atoms with Crippen LogP contribution in [0.5, 0.6) is 0 Å². The highest BCUT2D eigenvalue weighted by Crippen LogP contribution is 2.61. The minimum atomic E-state index is -0.496. The first kappa shape index (κ1) is 42.2. The van der Waals surface area contributed by atoms with Crippen LogP contribution in [0, 0.1) is 0 Å². The van der Waals surface area contributed by atoms with Crippen molar-refractivity contribution in [3.63, 3.8) is 0 Å². The van der Waals surface area contributed by atoms with E-state index in [9.17, 15) is 0 Å². The highest BCUT2D eigenvalue weighted by Gasteiger charge is 2.49. The fourth-order valence-electron chi connectivity index (χ4n) is 11.5. The van der Waals surface area contributed by atoms with Crippen molar-refractivity contribution in [2.24, 2.45) is 9.98 Å². The van der Waals surface area contributed by atoms with Gasteiger partial charge >= 0.3 is 0 Å². The molecule has 0 aliphatic heterocycles. The summed E-state index contributed by atoms with van der Waals surface area (Å²) in [5, 5.41) is 0. The van der Waals surface area contributed by atoms with Gasteiger partial charge in [-0.1, -0.05) is 231 Å². The van der Waals surface area contributed by atoms with Crippen LogP contribution in [0.4, 0.5) is 0 Å². The lowest BCUT2D eigenvalue weighted by Crippen LogP contribution is -2.29. The van der Waals surface area contributed by atoms with E-state index in [4.69, 9.17) is 9.98 Å². The van der Waals surface area contributed by atoms with E-state index < -0.39 is 5.41 Å². The fourth-order valence-corrected chi connectivity index (χ4v) is 11.5. The molecule has 4 aliphatic carbocycles. The van der Waals surface area contributed by atoms with Crippen molar-refractivity contribution < 1.29 is 0 Å². The molecule has 8 aromatic rings. The van der Waals surface area contributed by atoms with E-state index in [1.807, 2.05) is 12.1 Å². The second-order valence-corrected chi connectivity index (χ2v) is 18.7. The molecule has 69 heavy (non-hydrogen) atoms. The summed E-state index contributed by atoms with van der Waals surface area (Å²) in [6.07, 6.45) is 16.7. The molecule has 2 nitrogen and oxygen atoms in total. The molecule has 4 aliphatic rings. The van der Waals surface area contributed by atoms with Crippen molar-refractivity contribution >= 4 is 11.5 Å². The molecule has 0 aromatic heterocycles. The van der Waals surface area contributed by atoms with E-state index in [0.29, 0.717) is 5.84 Å². The summed E-state index contributed by atoms with van der Waals surface area (Å²) in [5.74, 6) is 0.916. The quantitative estimate of drug-likeness (QED) is 0.0825. The zero-order valence-electron chi connectivity index (χ0n) is 38.9. The van der Waals surface area contributed by atoms with E-state index in [1.165, 1.54) is 83.5 Å². The standard InChI is InChI=1S/C67H52N2/c1-3-65(48-22-8-5-9-23-48)69-66(49-38-36-47(37-39-49)46-20-6-4-7-21-46)68-45(2)50-24-18-25-51(42-50)52-26-19-27-53(43-52)54-40-41-60-59-32-14-17-35-63(59)67(64(60)44-54)61-33-15-12-30-57(61)55-28-10-11-29-56(55)58-31-13-16-34-62(58)67/h3-17,19-23,25-26,28-44,53,65H,1,18,24,27H2,2H3/b68-45+,69-66-. The number of aliphatic imine (C=N–C) groups is 2. The summed E-state index contributed by atoms with van der Waals surface area (Å²) in [6, 6.07) is 73.0. The van der Waals surface area contributed by atoms with E-state index >= 15 is 0 Å². The smallest absolute Gasteiger partial charge is 0.155 e. The number of fused-ring (bicyclic) bond motifs is 12. The third-order valence-corrected chi connectivity index (χ3v) is 14.8. The van der Waals surface area contributed by atoms with Crippen molar-refractivity contribution in [1.29, 1.82) is 0 Å². The first-order valence-electron chi connectivity index (χ1n) is 24.4. The molecule has 2 heteroatoms. The Morgan fingerprint density at radius 2 is 1.13 bits per heavy atom. The maximum atomic E-state index is 5.36. The Labute approximate surface area is 406 Å². The average molecular weight is 885 g/mol. The maximum Gasteiger partial charge on any atom is 0.155 e. The predicted molar refractivity (Wildman–Crippen MR) is 289 cm³/mol. The molecule has 0 bridgehead atoms. The number of hydrogen-bond acceptors (Lipinski definition) is 1. The van der Waals surface area contributed by atoms with Crippen LogP contribution in [0.3, 0.4) is 0 Å². The molecule has 0 N–H and O–H groups in total. The fraction of sp³-hybridized carbons (Fsp3) is 0.104. The Hall–Kier alpha value is -8.20. The zero-order chi connectivity index (χ0) is 46.3. The van der Waals surface area contributed by atoms with Crippen LogP contribution in [0.2, 0.25) is 0 Å². The van der Waals surface area contributed by atoms with Crippen molar-refractivity contribution in [2.75, 3.05) is 0 Å². The molecule has 12 rings (SSSR count). The molecule has 8 aromatic carbocycles. The molecule has 2 atom stereocenters. The van der Waals surface area contributed by atoms with Crippen molar-refractivity contribution in [3.8, 4) is 44.5 Å².